The number of pyridine rings is 4. The summed E-state index contributed by atoms with van der Waals surface area (Å²) in [5, 5.41) is 8.58. The molecule has 0 atom stereocenters. The fourth-order valence-corrected chi connectivity index (χ4v) is 7.56. The van der Waals surface area contributed by atoms with Crippen molar-refractivity contribution >= 4 is 43.2 Å². The Morgan fingerprint density at radius 2 is 0.827 bits per heavy atom. The van der Waals surface area contributed by atoms with E-state index in [4.69, 9.17) is 9.97 Å². The highest BCUT2D eigenvalue weighted by Crippen LogP contribution is 2.43. The number of aromatic nitrogens is 4. The second-order valence-corrected chi connectivity index (χ2v) is 13.1. The highest BCUT2D eigenvalue weighted by Gasteiger charge is 2.17. The largest absolute Gasteiger partial charge is 0.264 e. The summed E-state index contributed by atoms with van der Waals surface area (Å²) in [5.41, 5.74) is 11.2. The molecule has 0 N–H and O–H groups in total. The molecular formula is C48H30N4. The van der Waals surface area contributed by atoms with E-state index in [-0.39, 0.29) is 0 Å². The molecule has 0 unspecified atom stereocenters. The maximum atomic E-state index is 5.34. The first-order valence-electron chi connectivity index (χ1n) is 17.4. The molecule has 4 heteroatoms. The van der Waals surface area contributed by atoms with Gasteiger partial charge in [0, 0.05) is 57.6 Å². The lowest BCUT2D eigenvalue weighted by molar-refractivity contribution is 1.26. The van der Waals surface area contributed by atoms with E-state index < -0.39 is 0 Å². The van der Waals surface area contributed by atoms with E-state index in [1.165, 1.54) is 37.7 Å². The first-order chi connectivity index (χ1) is 25.8. The number of nitrogens with zero attached hydrogens (tertiary/aromatic N) is 4. The molecule has 0 fully saturated rings. The zero-order valence-corrected chi connectivity index (χ0v) is 28.1. The number of benzene rings is 6. The molecule has 0 bridgehead atoms. The predicted molar refractivity (Wildman–Crippen MR) is 215 cm³/mol. The molecular weight excluding hydrogens is 633 g/mol. The summed E-state index contributed by atoms with van der Waals surface area (Å²) in [6.07, 6.45) is 7.28. The van der Waals surface area contributed by atoms with Gasteiger partial charge in [0.2, 0.25) is 0 Å². The molecule has 0 amide bonds. The molecule has 52 heavy (non-hydrogen) atoms. The van der Waals surface area contributed by atoms with Crippen LogP contribution in [0.4, 0.5) is 0 Å². The Morgan fingerprint density at radius 3 is 1.44 bits per heavy atom. The molecule has 0 aliphatic heterocycles. The van der Waals surface area contributed by atoms with Crippen LogP contribution in [0, 0.1) is 0 Å². The molecule has 10 aromatic rings. The standard InChI is InChI=1S/C48H30N4/c1-3-16-40-38(14-1)39-15-2-4-17-41(39)47-46(40)42-18-5-6-19-43(42)52-48(47)32-22-20-31(21-23-32)33-10-7-11-34(26-33)37-27-44(35-12-8-24-49-29-35)51-45(28-37)36-13-9-25-50-30-36/h1-30H. The number of hydrogen-bond acceptors (Lipinski definition) is 4. The van der Waals surface area contributed by atoms with Crippen molar-refractivity contribution in [2.45, 2.75) is 0 Å². The van der Waals surface area contributed by atoms with E-state index in [1.807, 2.05) is 36.7 Å². The highest BCUT2D eigenvalue weighted by atomic mass is 14.7. The molecule has 4 aromatic heterocycles. The minimum absolute atomic E-state index is 0.870. The minimum atomic E-state index is 0.870. The van der Waals surface area contributed by atoms with E-state index in [9.17, 15) is 0 Å². The van der Waals surface area contributed by atoms with Crippen LogP contribution in [0.3, 0.4) is 0 Å². The average Bonchev–Trinajstić information content (AvgIpc) is 3.24. The third-order valence-corrected chi connectivity index (χ3v) is 10.0. The van der Waals surface area contributed by atoms with Gasteiger partial charge in [0.25, 0.3) is 0 Å². The van der Waals surface area contributed by atoms with E-state index in [1.54, 1.807) is 12.4 Å². The Labute approximate surface area is 300 Å². The van der Waals surface area contributed by atoms with Crippen molar-refractivity contribution in [2.24, 2.45) is 0 Å². The van der Waals surface area contributed by atoms with Gasteiger partial charge in [-0.1, -0.05) is 109 Å². The van der Waals surface area contributed by atoms with Crippen LogP contribution >= 0.6 is 0 Å². The molecule has 0 aliphatic carbocycles. The highest BCUT2D eigenvalue weighted by molar-refractivity contribution is 6.33. The van der Waals surface area contributed by atoms with Gasteiger partial charge in [-0.3, -0.25) is 9.97 Å². The third-order valence-electron chi connectivity index (χ3n) is 10.0. The Balaban J connectivity index is 1.10. The summed E-state index contributed by atoms with van der Waals surface area (Å²) in [5.74, 6) is 0. The molecule has 0 saturated carbocycles. The molecule has 0 radical (unpaired) electrons. The number of rotatable bonds is 5. The number of hydrogen-bond donors (Lipinski definition) is 0. The van der Waals surface area contributed by atoms with Crippen molar-refractivity contribution in [3.05, 3.63) is 183 Å². The minimum Gasteiger partial charge on any atom is -0.264 e. The van der Waals surface area contributed by atoms with Crippen LogP contribution < -0.4 is 0 Å². The molecule has 0 spiro atoms. The third kappa shape index (κ3) is 5.09. The van der Waals surface area contributed by atoms with Crippen molar-refractivity contribution in [3.63, 3.8) is 0 Å². The van der Waals surface area contributed by atoms with E-state index in [2.05, 4.69) is 143 Å². The lowest BCUT2D eigenvalue weighted by Crippen LogP contribution is -1.93. The van der Waals surface area contributed by atoms with Gasteiger partial charge in [0.1, 0.15) is 0 Å². The van der Waals surface area contributed by atoms with Gasteiger partial charge in [-0.15, -0.1) is 0 Å². The first-order valence-corrected chi connectivity index (χ1v) is 17.4. The summed E-state index contributed by atoms with van der Waals surface area (Å²) in [4.78, 5) is 19.1. The maximum absolute atomic E-state index is 5.34. The van der Waals surface area contributed by atoms with Crippen LogP contribution in [0.25, 0.3) is 99.2 Å². The molecule has 10 rings (SSSR count). The fourth-order valence-electron chi connectivity index (χ4n) is 7.56. The lowest BCUT2D eigenvalue weighted by atomic mass is 9.89. The van der Waals surface area contributed by atoms with Crippen molar-refractivity contribution in [1.82, 2.24) is 19.9 Å². The van der Waals surface area contributed by atoms with Crippen LogP contribution in [-0.4, -0.2) is 19.9 Å². The Morgan fingerprint density at radius 1 is 0.308 bits per heavy atom. The fraction of sp³-hybridized carbons (Fsp3) is 0. The van der Waals surface area contributed by atoms with Crippen LogP contribution in [0.15, 0.2) is 183 Å². The molecule has 4 nitrogen and oxygen atoms in total. The average molecular weight is 663 g/mol. The zero-order valence-electron chi connectivity index (χ0n) is 28.1. The molecule has 242 valence electrons. The second-order valence-electron chi connectivity index (χ2n) is 13.1. The monoisotopic (exact) mass is 662 g/mol. The smallest absolute Gasteiger partial charge is 0.0794 e. The molecule has 4 heterocycles. The molecule has 6 aromatic carbocycles. The van der Waals surface area contributed by atoms with Crippen molar-refractivity contribution in [2.75, 3.05) is 0 Å². The summed E-state index contributed by atoms with van der Waals surface area (Å²) in [7, 11) is 0. The topological polar surface area (TPSA) is 51.6 Å². The van der Waals surface area contributed by atoms with Gasteiger partial charge in [0.05, 0.1) is 22.6 Å². The summed E-state index contributed by atoms with van der Waals surface area (Å²) >= 11 is 0. The first kappa shape index (κ1) is 29.8. The summed E-state index contributed by atoms with van der Waals surface area (Å²) < 4.78 is 0. The number of para-hydroxylation sites is 1. The normalized spacial score (nSPS) is 11.5. The van der Waals surface area contributed by atoms with Crippen LogP contribution in [0.5, 0.6) is 0 Å². The van der Waals surface area contributed by atoms with Gasteiger partial charge >= 0.3 is 0 Å². The van der Waals surface area contributed by atoms with E-state index >= 15 is 0 Å². The van der Waals surface area contributed by atoms with Crippen molar-refractivity contribution < 1.29 is 0 Å². The van der Waals surface area contributed by atoms with Crippen LogP contribution in [0.1, 0.15) is 0 Å². The lowest BCUT2D eigenvalue weighted by Gasteiger charge is -2.16. The van der Waals surface area contributed by atoms with E-state index in [0.717, 1.165) is 61.5 Å². The van der Waals surface area contributed by atoms with Crippen LogP contribution in [0.2, 0.25) is 0 Å². The summed E-state index contributed by atoms with van der Waals surface area (Å²) in [6.45, 7) is 0. The molecule has 0 aliphatic rings. The quantitative estimate of drug-likeness (QED) is 0.172. The Kier molecular flexibility index (Phi) is 7.10. The van der Waals surface area contributed by atoms with Gasteiger partial charge in [-0.25, -0.2) is 9.97 Å². The second kappa shape index (κ2) is 12.4. The van der Waals surface area contributed by atoms with Gasteiger partial charge in [-0.05, 0) is 92.3 Å². The SMILES string of the molecule is c1cc(-c2ccc(-c3nc4ccccc4c4c5ccccc5c5ccccc5c34)cc2)cc(-c2cc(-c3cccnc3)nc(-c3cccnc3)c2)c1. The Hall–Kier alpha value is -7.04. The zero-order chi connectivity index (χ0) is 34.4. The van der Waals surface area contributed by atoms with Gasteiger partial charge < -0.3 is 0 Å². The van der Waals surface area contributed by atoms with Crippen LogP contribution in [-0.2, 0) is 0 Å². The van der Waals surface area contributed by atoms with Crippen molar-refractivity contribution in [3.8, 4) is 56.0 Å². The maximum Gasteiger partial charge on any atom is 0.0794 e. The molecule has 0 saturated heterocycles. The Bertz CT molecular complexity index is 2880. The van der Waals surface area contributed by atoms with Gasteiger partial charge in [0.15, 0.2) is 0 Å². The predicted octanol–water partition coefficient (Wildman–Crippen LogP) is 12.2. The van der Waals surface area contributed by atoms with E-state index in [0.29, 0.717) is 0 Å². The number of fused-ring (bicyclic) bond motifs is 8. The van der Waals surface area contributed by atoms with Crippen molar-refractivity contribution in [1.29, 1.82) is 0 Å². The summed E-state index contributed by atoms with van der Waals surface area (Å²) in [6, 6.07) is 55.9. The van der Waals surface area contributed by atoms with Gasteiger partial charge in [-0.2, -0.15) is 0 Å².